The molecule has 1 heterocycles. The van der Waals surface area contributed by atoms with Crippen molar-refractivity contribution in [2.45, 2.75) is 50.1 Å². The molecule has 4 nitrogen and oxygen atoms in total. The Hall–Kier alpha value is -2.06. The predicted octanol–water partition coefficient (Wildman–Crippen LogP) is 5.40. The molecule has 0 aliphatic carbocycles. The van der Waals surface area contributed by atoms with Crippen molar-refractivity contribution in [2.24, 2.45) is 5.92 Å². The molecule has 2 aromatic carbocycles. The number of carboxylic acid groups (broad SMARTS) is 1. The van der Waals surface area contributed by atoms with Crippen molar-refractivity contribution in [3.05, 3.63) is 69.7 Å². The minimum absolute atomic E-state index is 0.136. The summed E-state index contributed by atoms with van der Waals surface area (Å²) in [5, 5.41) is 25.1. The number of nitriles is 1. The molecule has 1 saturated heterocycles. The monoisotopic (exact) mass is 430 g/mol. The summed E-state index contributed by atoms with van der Waals surface area (Å²) in [5.74, 6) is -1.44. The first-order chi connectivity index (χ1) is 13.9. The Labute approximate surface area is 181 Å². The van der Waals surface area contributed by atoms with Crippen LogP contribution in [0.4, 0.5) is 0 Å². The molecule has 1 aliphatic rings. The number of hydrogen-bond donors (Lipinski definition) is 2. The second kappa shape index (κ2) is 8.75. The second-order valence-corrected chi connectivity index (χ2v) is 8.43. The van der Waals surface area contributed by atoms with Gasteiger partial charge in [0.05, 0.1) is 6.07 Å². The van der Waals surface area contributed by atoms with Crippen LogP contribution in [-0.4, -0.2) is 23.2 Å². The fraction of sp³-hybridized carbons (Fsp3) is 0.391. The standard InChI is InChI=1S/C23H24Cl2N2O2/c1-3-14(4-2)21-23(13-26,16-8-10-17(24)11-9-16)19(20(27-21)22(28)29)15-6-5-7-18(25)12-15/h5-12,14,19-21,27H,3-4H2,1-2H3,(H,28,29). The highest BCUT2D eigenvalue weighted by atomic mass is 35.5. The van der Waals surface area contributed by atoms with Crippen LogP contribution in [0.25, 0.3) is 0 Å². The Morgan fingerprint density at radius 3 is 2.34 bits per heavy atom. The van der Waals surface area contributed by atoms with Crippen LogP contribution in [0.1, 0.15) is 43.7 Å². The maximum absolute atomic E-state index is 12.3. The third kappa shape index (κ3) is 3.75. The van der Waals surface area contributed by atoms with Gasteiger partial charge in [0, 0.05) is 22.0 Å². The van der Waals surface area contributed by atoms with Gasteiger partial charge in [-0.1, -0.05) is 74.2 Å². The third-order valence-electron chi connectivity index (χ3n) is 6.17. The van der Waals surface area contributed by atoms with E-state index in [1.54, 1.807) is 30.3 Å². The van der Waals surface area contributed by atoms with Crippen molar-refractivity contribution in [3.63, 3.8) is 0 Å². The summed E-state index contributed by atoms with van der Waals surface area (Å²) in [4.78, 5) is 12.3. The molecule has 1 aliphatic heterocycles. The highest BCUT2D eigenvalue weighted by molar-refractivity contribution is 6.30. The van der Waals surface area contributed by atoms with Crippen LogP contribution in [0.2, 0.25) is 10.0 Å². The molecule has 0 radical (unpaired) electrons. The van der Waals surface area contributed by atoms with E-state index < -0.39 is 23.3 Å². The van der Waals surface area contributed by atoms with Crippen molar-refractivity contribution in [1.29, 1.82) is 5.26 Å². The molecule has 29 heavy (non-hydrogen) atoms. The van der Waals surface area contributed by atoms with E-state index in [4.69, 9.17) is 23.2 Å². The first-order valence-corrected chi connectivity index (χ1v) is 10.6. The van der Waals surface area contributed by atoms with E-state index in [0.717, 1.165) is 24.0 Å². The van der Waals surface area contributed by atoms with Gasteiger partial charge < -0.3 is 5.11 Å². The molecule has 0 aromatic heterocycles. The Kier molecular flexibility index (Phi) is 6.53. The van der Waals surface area contributed by atoms with Crippen LogP contribution in [0.15, 0.2) is 48.5 Å². The van der Waals surface area contributed by atoms with Crippen molar-refractivity contribution in [1.82, 2.24) is 5.32 Å². The molecule has 2 aromatic rings. The van der Waals surface area contributed by atoms with Gasteiger partial charge in [0.1, 0.15) is 11.5 Å². The van der Waals surface area contributed by atoms with Gasteiger partial charge in [-0.05, 0) is 41.3 Å². The van der Waals surface area contributed by atoms with Crippen LogP contribution in [0, 0.1) is 17.2 Å². The molecule has 1 fully saturated rings. The maximum Gasteiger partial charge on any atom is 0.321 e. The first kappa shape index (κ1) is 21.6. The van der Waals surface area contributed by atoms with Gasteiger partial charge in [0.25, 0.3) is 0 Å². The van der Waals surface area contributed by atoms with Gasteiger partial charge in [-0.2, -0.15) is 5.26 Å². The summed E-state index contributed by atoms with van der Waals surface area (Å²) in [6.45, 7) is 4.14. The van der Waals surface area contributed by atoms with Crippen LogP contribution >= 0.6 is 23.2 Å². The zero-order valence-electron chi connectivity index (χ0n) is 16.4. The Morgan fingerprint density at radius 1 is 1.17 bits per heavy atom. The number of hydrogen-bond acceptors (Lipinski definition) is 3. The zero-order chi connectivity index (χ0) is 21.2. The van der Waals surface area contributed by atoms with Crippen LogP contribution < -0.4 is 5.32 Å². The molecule has 0 amide bonds. The van der Waals surface area contributed by atoms with Crippen molar-refractivity contribution >= 4 is 29.2 Å². The Balaban J connectivity index is 2.31. The SMILES string of the molecule is CCC(CC)C1NC(C(=O)O)C(c2cccc(Cl)c2)C1(C#N)c1ccc(Cl)cc1. The lowest BCUT2D eigenvalue weighted by atomic mass is 9.62. The predicted molar refractivity (Wildman–Crippen MR) is 115 cm³/mol. The van der Waals surface area contributed by atoms with Gasteiger partial charge >= 0.3 is 5.97 Å². The first-order valence-electron chi connectivity index (χ1n) is 9.80. The summed E-state index contributed by atoms with van der Waals surface area (Å²) >= 11 is 12.3. The maximum atomic E-state index is 12.3. The molecule has 4 unspecified atom stereocenters. The van der Waals surface area contributed by atoms with E-state index >= 15 is 0 Å². The van der Waals surface area contributed by atoms with Gasteiger partial charge in [-0.15, -0.1) is 0 Å². The minimum Gasteiger partial charge on any atom is -0.480 e. The Morgan fingerprint density at radius 2 is 1.83 bits per heavy atom. The lowest BCUT2D eigenvalue weighted by molar-refractivity contribution is -0.139. The third-order valence-corrected chi connectivity index (χ3v) is 6.66. The number of carboxylic acids is 1. The van der Waals surface area contributed by atoms with Crippen LogP contribution in [-0.2, 0) is 10.2 Å². The largest absolute Gasteiger partial charge is 0.480 e. The summed E-state index contributed by atoms with van der Waals surface area (Å²) in [5.41, 5.74) is 0.430. The van der Waals surface area contributed by atoms with E-state index in [1.807, 2.05) is 18.2 Å². The number of nitrogens with zero attached hydrogens (tertiary/aromatic N) is 1. The number of nitrogens with one attached hydrogen (secondary N) is 1. The van der Waals surface area contributed by atoms with Gasteiger partial charge in [-0.25, -0.2) is 0 Å². The number of carbonyl (C=O) groups is 1. The highest BCUT2D eigenvalue weighted by Crippen LogP contribution is 2.51. The summed E-state index contributed by atoms with van der Waals surface area (Å²) in [6, 6.07) is 15.7. The quantitative estimate of drug-likeness (QED) is 0.643. The Bertz CT molecular complexity index is 921. The molecule has 152 valence electrons. The van der Waals surface area contributed by atoms with E-state index in [1.165, 1.54) is 0 Å². The highest BCUT2D eigenvalue weighted by Gasteiger charge is 2.60. The minimum atomic E-state index is -1.07. The number of aliphatic carboxylic acids is 1. The molecular weight excluding hydrogens is 407 g/mol. The van der Waals surface area contributed by atoms with E-state index in [9.17, 15) is 15.2 Å². The molecule has 0 saturated carbocycles. The lowest BCUT2D eigenvalue weighted by Crippen LogP contribution is -2.46. The average Bonchev–Trinajstić information content (AvgIpc) is 3.06. The molecule has 6 heteroatoms. The fourth-order valence-corrected chi connectivity index (χ4v) is 5.13. The van der Waals surface area contributed by atoms with E-state index in [0.29, 0.717) is 10.0 Å². The van der Waals surface area contributed by atoms with Crippen LogP contribution in [0.3, 0.4) is 0 Å². The molecular formula is C23H24Cl2N2O2. The fourth-order valence-electron chi connectivity index (χ4n) is 4.80. The lowest BCUT2D eigenvalue weighted by Gasteiger charge is -2.38. The summed E-state index contributed by atoms with van der Waals surface area (Å²) in [7, 11) is 0. The molecule has 0 bridgehead atoms. The molecule has 0 spiro atoms. The van der Waals surface area contributed by atoms with Crippen molar-refractivity contribution in [2.75, 3.05) is 0 Å². The van der Waals surface area contributed by atoms with Crippen molar-refractivity contribution in [3.8, 4) is 6.07 Å². The smallest absolute Gasteiger partial charge is 0.321 e. The van der Waals surface area contributed by atoms with Crippen LogP contribution in [0.5, 0.6) is 0 Å². The van der Waals surface area contributed by atoms with Gasteiger partial charge in [0.2, 0.25) is 0 Å². The van der Waals surface area contributed by atoms with Crippen molar-refractivity contribution < 1.29 is 9.90 Å². The number of benzene rings is 2. The summed E-state index contributed by atoms with van der Waals surface area (Å²) < 4.78 is 0. The average molecular weight is 431 g/mol. The van der Waals surface area contributed by atoms with E-state index in [-0.39, 0.29) is 12.0 Å². The molecule has 3 rings (SSSR count). The van der Waals surface area contributed by atoms with E-state index in [2.05, 4.69) is 25.2 Å². The van der Waals surface area contributed by atoms with Gasteiger partial charge in [0.15, 0.2) is 0 Å². The number of halogens is 2. The zero-order valence-corrected chi connectivity index (χ0v) is 17.9. The number of rotatable bonds is 6. The second-order valence-electron chi connectivity index (χ2n) is 7.56. The summed E-state index contributed by atoms with van der Waals surface area (Å²) in [6.07, 6.45) is 1.67. The topological polar surface area (TPSA) is 73.1 Å². The normalized spacial score (nSPS) is 26.4. The molecule has 2 N–H and O–H groups in total. The van der Waals surface area contributed by atoms with Gasteiger partial charge in [-0.3, -0.25) is 10.1 Å². The molecule has 4 atom stereocenters.